The molecule has 1 amide bonds. The molecule has 0 saturated carbocycles. The Labute approximate surface area is 165 Å². The minimum atomic E-state index is -0.352. The normalized spacial score (nSPS) is 10.5. The van der Waals surface area contributed by atoms with Gasteiger partial charge in [-0.15, -0.1) is 0 Å². The fourth-order valence-electron chi connectivity index (χ4n) is 2.63. The molecule has 0 atom stereocenters. The number of amides is 1. The molecule has 0 aliphatic rings. The average molecular weight is 383 g/mol. The van der Waals surface area contributed by atoms with Gasteiger partial charge in [-0.1, -0.05) is 36.4 Å². The number of nitrogens with zero attached hydrogens (tertiary/aromatic N) is 1. The van der Waals surface area contributed by atoms with Crippen LogP contribution < -0.4 is 9.47 Å². The lowest BCUT2D eigenvalue weighted by Crippen LogP contribution is -2.31. The van der Waals surface area contributed by atoms with Gasteiger partial charge in [0.15, 0.2) is 11.5 Å². The summed E-state index contributed by atoms with van der Waals surface area (Å²) in [6.07, 6.45) is 3.33. The second-order valence-electron chi connectivity index (χ2n) is 6.02. The molecule has 2 aromatic carbocycles. The summed E-state index contributed by atoms with van der Waals surface area (Å²) in [6, 6.07) is 15.0. The van der Waals surface area contributed by atoms with E-state index in [0.717, 1.165) is 11.1 Å². The topological polar surface area (TPSA) is 65.1 Å². The highest BCUT2D eigenvalue weighted by Gasteiger charge is 2.14. The Balaban J connectivity index is 2.14. The third-order valence-electron chi connectivity index (χ3n) is 4.17. The summed E-state index contributed by atoms with van der Waals surface area (Å²) in [7, 11) is 4.47. The largest absolute Gasteiger partial charge is 0.493 e. The molecule has 6 nitrogen and oxygen atoms in total. The first-order valence-corrected chi connectivity index (χ1v) is 8.87. The number of esters is 1. The van der Waals surface area contributed by atoms with Gasteiger partial charge in [0.05, 0.1) is 27.8 Å². The van der Waals surface area contributed by atoms with Crippen molar-refractivity contribution in [2.24, 2.45) is 0 Å². The molecular formula is C22H25NO5. The Hall–Kier alpha value is -3.28. The van der Waals surface area contributed by atoms with Gasteiger partial charge in [0.1, 0.15) is 0 Å². The minimum Gasteiger partial charge on any atom is -0.493 e. The molecule has 2 rings (SSSR count). The first-order valence-electron chi connectivity index (χ1n) is 8.87. The van der Waals surface area contributed by atoms with Crippen LogP contribution in [0.1, 0.15) is 17.5 Å². The molecule has 0 saturated heterocycles. The van der Waals surface area contributed by atoms with Crippen molar-refractivity contribution in [1.82, 2.24) is 4.90 Å². The van der Waals surface area contributed by atoms with E-state index < -0.39 is 0 Å². The van der Waals surface area contributed by atoms with E-state index in [1.165, 1.54) is 13.2 Å². The number of hydrogen-bond donors (Lipinski definition) is 0. The number of methoxy groups -OCH3 is 3. The number of rotatable bonds is 9. The van der Waals surface area contributed by atoms with Crippen LogP contribution in [0.3, 0.4) is 0 Å². The minimum absolute atomic E-state index is 0.138. The summed E-state index contributed by atoms with van der Waals surface area (Å²) >= 11 is 0. The molecule has 0 aliphatic heterocycles. The predicted octanol–water partition coefficient (Wildman–Crippen LogP) is 3.31. The van der Waals surface area contributed by atoms with Crippen molar-refractivity contribution in [1.29, 1.82) is 0 Å². The molecule has 148 valence electrons. The number of ether oxygens (including phenoxy) is 3. The molecular weight excluding hydrogens is 358 g/mol. The first-order chi connectivity index (χ1) is 13.6. The number of benzene rings is 2. The summed E-state index contributed by atoms with van der Waals surface area (Å²) in [5, 5.41) is 0. The van der Waals surface area contributed by atoms with Gasteiger partial charge in [0.2, 0.25) is 5.91 Å². The lowest BCUT2D eigenvalue weighted by molar-refractivity contribution is -0.141. The SMILES string of the molecule is COC(=O)CCN(Cc1ccccc1)C(=O)/C=C/c1ccc(OC)c(OC)c1. The van der Waals surface area contributed by atoms with E-state index in [9.17, 15) is 9.59 Å². The van der Waals surface area contributed by atoms with E-state index in [1.54, 1.807) is 37.3 Å². The Bertz CT molecular complexity index is 817. The van der Waals surface area contributed by atoms with Crippen LogP contribution in [0, 0.1) is 0 Å². The second-order valence-corrected chi connectivity index (χ2v) is 6.02. The average Bonchev–Trinajstić information content (AvgIpc) is 2.74. The number of hydrogen-bond acceptors (Lipinski definition) is 5. The second kappa shape index (κ2) is 10.8. The molecule has 2 aromatic rings. The van der Waals surface area contributed by atoms with Crippen LogP contribution in [-0.4, -0.2) is 44.7 Å². The number of carbonyl (C=O) groups excluding carboxylic acids is 2. The van der Waals surface area contributed by atoms with E-state index in [2.05, 4.69) is 4.74 Å². The van der Waals surface area contributed by atoms with Crippen LogP contribution in [0.15, 0.2) is 54.6 Å². The van der Waals surface area contributed by atoms with Gasteiger partial charge in [-0.25, -0.2) is 0 Å². The van der Waals surface area contributed by atoms with E-state index in [4.69, 9.17) is 9.47 Å². The van der Waals surface area contributed by atoms with Crippen molar-refractivity contribution in [3.05, 3.63) is 65.7 Å². The zero-order valence-corrected chi connectivity index (χ0v) is 16.4. The Morgan fingerprint density at radius 3 is 2.32 bits per heavy atom. The molecule has 0 heterocycles. The van der Waals surface area contributed by atoms with Crippen LogP contribution >= 0.6 is 0 Å². The fraction of sp³-hybridized carbons (Fsp3) is 0.273. The molecule has 0 bridgehead atoms. The quantitative estimate of drug-likeness (QED) is 0.491. The monoisotopic (exact) mass is 383 g/mol. The smallest absolute Gasteiger partial charge is 0.307 e. The summed E-state index contributed by atoms with van der Waals surface area (Å²) < 4.78 is 15.2. The van der Waals surface area contributed by atoms with Crippen LogP contribution in [0.25, 0.3) is 6.08 Å². The third kappa shape index (κ3) is 6.16. The zero-order chi connectivity index (χ0) is 20.4. The summed E-state index contributed by atoms with van der Waals surface area (Å²) in [5.41, 5.74) is 1.79. The Kier molecular flexibility index (Phi) is 8.09. The highest BCUT2D eigenvalue weighted by molar-refractivity contribution is 5.92. The maximum Gasteiger partial charge on any atom is 0.307 e. The van der Waals surface area contributed by atoms with Crippen molar-refractivity contribution in [2.45, 2.75) is 13.0 Å². The highest BCUT2D eigenvalue weighted by Crippen LogP contribution is 2.28. The van der Waals surface area contributed by atoms with Gasteiger partial charge in [0.25, 0.3) is 0 Å². The maximum absolute atomic E-state index is 12.7. The number of carbonyl (C=O) groups is 2. The van der Waals surface area contributed by atoms with Gasteiger partial charge < -0.3 is 19.1 Å². The highest BCUT2D eigenvalue weighted by atomic mass is 16.5. The molecule has 0 N–H and O–H groups in total. The van der Waals surface area contributed by atoms with Crippen molar-refractivity contribution >= 4 is 18.0 Å². The Morgan fingerprint density at radius 2 is 1.68 bits per heavy atom. The van der Waals surface area contributed by atoms with Crippen molar-refractivity contribution < 1.29 is 23.8 Å². The van der Waals surface area contributed by atoms with Crippen molar-refractivity contribution in [2.75, 3.05) is 27.9 Å². The first kappa shape index (κ1) is 21.0. The summed E-state index contributed by atoms with van der Waals surface area (Å²) in [6.45, 7) is 0.684. The van der Waals surface area contributed by atoms with E-state index >= 15 is 0 Å². The van der Waals surface area contributed by atoms with Crippen LogP contribution in [0.2, 0.25) is 0 Å². The van der Waals surface area contributed by atoms with Crippen LogP contribution in [0.5, 0.6) is 11.5 Å². The molecule has 0 unspecified atom stereocenters. The van der Waals surface area contributed by atoms with Gasteiger partial charge in [-0.05, 0) is 29.3 Å². The lowest BCUT2D eigenvalue weighted by Gasteiger charge is -2.21. The van der Waals surface area contributed by atoms with Gasteiger partial charge in [-0.3, -0.25) is 9.59 Å². The van der Waals surface area contributed by atoms with E-state index in [0.29, 0.717) is 18.0 Å². The Morgan fingerprint density at radius 1 is 0.964 bits per heavy atom. The third-order valence-corrected chi connectivity index (χ3v) is 4.17. The molecule has 0 aromatic heterocycles. The molecule has 0 aliphatic carbocycles. The van der Waals surface area contributed by atoms with Crippen molar-refractivity contribution in [3.63, 3.8) is 0 Å². The zero-order valence-electron chi connectivity index (χ0n) is 16.4. The lowest BCUT2D eigenvalue weighted by atomic mass is 10.1. The predicted molar refractivity (Wildman–Crippen MR) is 107 cm³/mol. The van der Waals surface area contributed by atoms with Crippen molar-refractivity contribution in [3.8, 4) is 11.5 Å². The standard InChI is InChI=1S/C22H25NO5/c1-26-19-11-9-17(15-20(19)27-2)10-12-21(24)23(14-13-22(25)28-3)16-18-7-5-4-6-8-18/h4-12,15H,13-14,16H2,1-3H3/b12-10+. The fourth-order valence-corrected chi connectivity index (χ4v) is 2.63. The van der Waals surface area contributed by atoms with Gasteiger partial charge in [-0.2, -0.15) is 0 Å². The van der Waals surface area contributed by atoms with Crippen LogP contribution in [-0.2, 0) is 20.9 Å². The molecule has 6 heteroatoms. The van der Waals surface area contributed by atoms with Gasteiger partial charge >= 0.3 is 5.97 Å². The van der Waals surface area contributed by atoms with E-state index in [1.807, 2.05) is 36.4 Å². The summed E-state index contributed by atoms with van der Waals surface area (Å²) in [4.78, 5) is 25.8. The van der Waals surface area contributed by atoms with Gasteiger partial charge in [0, 0.05) is 19.2 Å². The van der Waals surface area contributed by atoms with E-state index in [-0.39, 0.29) is 24.8 Å². The molecule has 0 fully saturated rings. The summed E-state index contributed by atoms with van der Waals surface area (Å²) in [5.74, 6) is 0.663. The van der Waals surface area contributed by atoms with Crippen LogP contribution in [0.4, 0.5) is 0 Å². The molecule has 0 radical (unpaired) electrons. The molecule has 0 spiro atoms. The maximum atomic E-state index is 12.7. The molecule has 28 heavy (non-hydrogen) atoms.